The van der Waals surface area contributed by atoms with Crippen LogP contribution in [0, 0.1) is 18.7 Å². The average molecular weight is 435 g/mol. The molecule has 1 aliphatic rings. The highest BCUT2D eigenvalue weighted by molar-refractivity contribution is 14.0. The zero-order valence-corrected chi connectivity index (χ0v) is 16.5. The van der Waals surface area contributed by atoms with Gasteiger partial charge in [-0.05, 0) is 37.5 Å². The van der Waals surface area contributed by atoms with Gasteiger partial charge in [-0.3, -0.25) is 0 Å². The standard InChI is InChI=1S/C17H26FN3O.HI/c1-4-19-17(21(3)11-15-7-8-22-12-15)20-10-14-6-5-13(2)16(18)9-14;/h5-6,9,15H,4,7-8,10-12H2,1-3H3,(H,19,20);1H. The maximum absolute atomic E-state index is 13.6. The van der Waals surface area contributed by atoms with E-state index in [9.17, 15) is 4.39 Å². The van der Waals surface area contributed by atoms with Gasteiger partial charge in [0.05, 0.1) is 13.2 Å². The van der Waals surface area contributed by atoms with Crippen LogP contribution in [0.5, 0.6) is 0 Å². The number of rotatable bonds is 5. The van der Waals surface area contributed by atoms with E-state index in [4.69, 9.17) is 4.74 Å². The van der Waals surface area contributed by atoms with Gasteiger partial charge in [-0.1, -0.05) is 12.1 Å². The fraction of sp³-hybridized carbons (Fsp3) is 0.588. The molecule has 1 atom stereocenters. The minimum absolute atomic E-state index is 0. The Hall–Kier alpha value is -0.890. The lowest BCUT2D eigenvalue weighted by atomic mass is 10.1. The molecule has 1 N–H and O–H groups in total. The van der Waals surface area contributed by atoms with Crippen molar-refractivity contribution in [2.24, 2.45) is 10.9 Å². The Morgan fingerprint density at radius 2 is 2.26 bits per heavy atom. The van der Waals surface area contributed by atoms with Crippen LogP contribution in [0.15, 0.2) is 23.2 Å². The van der Waals surface area contributed by atoms with Gasteiger partial charge in [-0.15, -0.1) is 24.0 Å². The van der Waals surface area contributed by atoms with Crippen molar-refractivity contribution < 1.29 is 9.13 Å². The molecule has 1 unspecified atom stereocenters. The van der Waals surface area contributed by atoms with Crippen molar-refractivity contribution in [3.8, 4) is 0 Å². The van der Waals surface area contributed by atoms with Crippen LogP contribution in [0.1, 0.15) is 24.5 Å². The lowest BCUT2D eigenvalue weighted by Gasteiger charge is -2.24. The van der Waals surface area contributed by atoms with E-state index in [0.717, 1.165) is 44.2 Å². The van der Waals surface area contributed by atoms with E-state index in [-0.39, 0.29) is 29.8 Å². The summed E-state index contributed by atoms with van der Waals surface area (Å²) in [5.41, 5.74) is 1.55. The lowest BCUT2D eigenvalue weighted by Crippen LogP contribution is -2.41. The Morgan fingerprint density at radius 1 is 1.48 bits per heavy atom. The molecule has 1 aromatic rings. The molecule has 1 heterocycles. The van der Waals surface area contributed by atoms with E-state index in [1.165, 1.54) is 0 Å². The molecule has 1 aromatic carbocycles. The first-order chi connectivity index (χ1) is 10.6. The number of nitrogens with one attached hydrogen (secondary N) is 1. The summed E-state index contributed by atoms with van der Waals surface area (Å²) in [5, 5.41) is 3.29. The smallest absolute Gasteiger partial charge is 0.193 e. The Bertz CT molecular complexity index is 519. The number of hydrogen-bond acceptors (Lipinski definition) is 2. The molecule has 6 heteroatoms. The Morgan fingerprint density at radius 3 is 2.87 bits per heavy atom. The number of nitrogens with zero attached hydrogens (tertiary/aromatic N) is 2. The van der Waals surface area contributed by atoms with Crippen LogP contribution in [-0.4, -0.2) is 44.2 Å². The van der Waals surface area contributed by atoms with Crippen molar-refractivity contribution in [1.82, 2.24) is 10.2 Å². The fourth-order valence-electron chi connectivity index (χ4n) is 2.57. The summed E-state index contributed by atoms with van der Waals surface area (Å²) < 4.78 is 19.0. The van der Waals surface area contributed by atoms with Gasteiger partial charge < -0.3 is 15.0 Å². The van der Waals surface area contributed by atoms with Crippen molar-refractivity contribution in [1.29, 1.82) is 0 Å². The normalized spacial score (nSPS) is 17.7. The topological polar surface area (TPSA) is 36.9 Å². The van der Waals surface area contributed by atoms with Gasteiger partial charge in [0.15, 0.2) is 5.96 Å². The zero-order valence-electron chi connectivity index (χ0n) is 14.1. The molecular weight excluding hydrogens is 408 g/mol. The molecule has 0 amide bonds. The molecule has 0 bridgehead atoms. The monoisotopic (exact) mass is 435 g/mol. The SMILES string of the molecule is CCNC(=NCc1ccc(C)c(F)c1)N(C)CC1CCOC1.I. The number of guanidine groups is 1. The molecule has 1 fully saturated rings. The zero-order chi connectivity index (χ0) is 15.9. The molecule has 130 valence electrons. The summed E-state index contributed by atoms with van der Waals surface area (Å²) in [5.74, 6) is 1.25. The number of aliphatic imine (C=N–C) groups is 1. The van der Waals surface area contributed by atoms with Crippen LogP contribution in [0.4, 0.5) is 4.39 Å². The van der Waals surface area contributed by atoms with E-state index < -0.39 is 0 Å². The van der Waals surface area contributed by atoms with Crippen molar-refractivity contribution in [3.05, 3.63) is 35.1 Å². The molecule has 1 aliphatic heterocycles. The molecule has 0 aliphatic carbocycles. The predicted octanol–water partition coefficient (Wildman–Crippen LogP) is 3.19. The second-order valence-electron chi connectivity index (χ2n) is 5.86. The van der Waals surface area contributed by atoms with Gasteiger partial charge in [0.2, 0.25) is 0 Å². The van der Waals surface area contributed by atoms with E-state index in [2.05, 4.69) is 15.2 Å². The largest absolute Gasteiger partial charge is 0.381 e. The van der Waals surface area contributed by atoms with Gasteiger partial charge in [-0.25, -0.2) is 9.38 Å². The third-order valence-corrected chi connectivity index (χ3v) is 3.90. The molecule has 1 saturated heterocycles. The van der Waals surface area contributed by atoms with E-state index in [0.29, 0.717) is 18.0 Å². The predicted molar refractivity (Wildman–Crippen MR) is 103 cm³/mol. The summed E-state index contributed by atoms with van der Waals surface area (Å²) >= 11 is 0. The second kappa shape index (κ2) is 10.1. The molecule has 23 heavy (non-hydrogen) atoms. The van der Waals surface area contributed by atoms with Crippen LogP contribution >= 0.6 is 24.0 Å². The summed E-state index contributed by atoms with van der Waals surface area (Å²) in [6.45, 7) is 7.71. The summed E-state index contributed by atoms with van der Waals surface area (Å²) in [6.07, 6.45) is 1.10. The van der Waals surface area contributed by atoms with Gasteiger partial charge in [0.25, 0.3) is 0 Å². The van der Waals surface area contributed by atoms with Crippen molar-refractivity contribution >= 4 is 29.9 Å². The number of hydrogen-bond donors (Lipinski definition) is 1. The third-order valence-electron chi connectivity index (χ3n) is 3.90. The highest BCUT2D eigenvalue weighted by Crippen LogP contribution is 2.14. The molecule has 0 aromatic heterocycles. The molecule has 0 radical (unpaired) electrons. The van der Waals surface area contributed by atoms with Gasteiger partial charge in [0.1, 0.15) is 5.82 Å². The minimum atomic E-state index is -0.172. The van der Waals surface area contributed by atoms with Crippen LogP contribution in [0.3, 0.4) is 0 Å². The molecule has 2 rings (SSSR count). The minimum Gasteiger partial charge on any atom is -0.381 e. The maximum atomic E-state index is 13.6. The van der Waals surface area contributed by atoms with Gasteiger partial charge in [0, 0.05) is 32.7 Å². The number of ether oxygens (including phenoxy) is 1. The van der Waals surface area contributed by atoms with Crippen molar-refractivity contribution in [2.45, 2.75) is 26.8 Å². The molecular formula is C17H27FIN3O. The van der Waals surface area contributed by atoms with Crippen molar-refractivity contribution in [2.75, 3.05) is 33.4 Å². The van der Waals surface area contributed by atoms with Crippen LogP contribution in [-0.2, 0) is 11.3 Å². The third kappa shape index (κ3) is 6.25. The Labute approximate surface area is 155 Å². The lowest BCUT2D eigenvalue weighted by molar-refractivity contribution is 0.181. The van der Waals surface area contributed by atoms with Gasteiger partial charge >= 0.3 is 0 Å². The first kappa shape index (κ1) is 20.2. The summed E-state index contributed by atoms with van der Waals surface area (Å²) in [4.78, 5) is 6.75. The summed E-state index contributed by atoms with van der Waals surface area (Å²) in [7, 11) is 2.04. The van der Waals surface area contributed by atoms with E-state index in [1.807, 2.05) is 20.0 Å². The molecule has 4 nitrogen and oxygen atoms in total. The molecule has 0 saturated carbocycles. The average Bonchev–Trinajstić information content (AvgIpc) is 2.99. The van der Waals surface area contributed by atoms with Gasteiger partial charge in [-0.2, -0.15) is 0 Å². The van der Waals surface area contributed by atoms with Crippen LogP contribution < -0.4 is 5.32 Å². The maximum Gasteiger partial charge on any atom is 0.193 e. The Balaban J connectivity index is 0.00000264. The first-order valence-corrected chi connectivity index (χ1v) is 7.92. The number of benzene rings is 1. The molecule has 0 spiro atoms. The number of halogens is 2. The quantitative estimate of drug-likeness (QED) is 0.439. The van der Waals surface area contributed by atoms with E-state index >= 15 is 0 Å². The first-order valence-electron chi connectivity index (χ1n) is 7.92. The summed E-state index contributed by atoms with van der Waals surface area (Å²) in [6, 6.07) is 5.29. The fourth-order valence-corrected chi connectivity index (χ4v) is 2.57. The number of aryl methyl sites for hydroxylation is 1. The van der Waals surface area contributed by atoms with E-state index in [1.54, 1.807) is 19.1 Å². The highest BCUT2D eigenvalue weighted by Gasteiger charge is 2.19. The van der Waals surface area contributed by atoms with Crippen LogP contribution in [0.2, 0.25) is 0 Å². The Kier molecular flexibility index (Phi) is 8.83. The second-order valence-corrected chi connectivity index (χ2v) is 5.86. The van der Waals surface area contributed by atoms with Crippen LogP contribution in [0.25, 0.3) is 0 Å². The van der Waals surface area contributed by atoms with Crippen molar-refractivity contribution in [3.63, 3.8) is 0 Å². The highest BCUT2D eigenvalue weighted by atomic mass is 127.